The van der Waals surface area contributed by atoms with Crippen LogP contribution in [-0.4, -0.2) is 19.9 Å². The summed E-state index contributed by atoms with van der Waals surface area (Å²) in [6, 6.07) is 1.47. The highest BCUT2D eigenvalue weighted by atomic mass is 16.1. The molecule has 0 saturated heterocycles. The Bertz CT molecular complexity index is 704. The van der Waals surface area contributed by atoms with Crippen LogP contribution in [0.1, 0.15) is 0 Å². The van der Waals surface area contributed by atoms with Crippen LogP contribution in [0.4, 0.5) is 0 Å². The van der Waals surface area contributed by atoms with Crippen molar-refractivity contribution in [3.05, 3.63) is 41.1 Å². The highest BCUT2D eigenvalue weighted by molar-refractivity contribution is 5.99. The quantitative estimate of drug-likeness (QED) is 0.544. The van der Waals surface area contributed by atoms with Crippen molar-refractivity contribution in [2.45, 2.75) is 0 Å². The molecule has 0 aliphatic carbocycles. The van der Waals surface area contributed by atoms with Crippen LogP contribution < -0.4 is 5.43 Å². The van der Waals surface area contributed by atoms with Crippen molar-refractivity contribution >= 4 is 22.1 Å². The lowest BCUT2D eigenvalue weighted by atomic mass is 10.2. The van der Waals surface area contributed by atoms with E-state index in [0.29, 0.717) is 22.1 Å². The molecule has 0 spiro atoms. The van der Waals surface area contributed by atoms with E-state index in [1.807, 2.05) is 0 Å². The van der Waals surface area contributed by atoms with Crippen LogP contribution >= 0.6 is 0 Å². The van der Waals surface area contributed by atoms with Crippen molar-refractivity contribution < 1.29 is 0 Å². The van der Waals surface area contributed by atoms with Crippen LogP contribution in [0.2, 0.25) is 0 Å². The zero-order chi connectivity index (χ0) is 10.3. The number of aromatic amines is 1. The first-order valence-electron chi connectivity index (χ1n) is 4.43. The molecule has 0 amide bonds. The molecule has 72 valence electrons. The molecule has 0 unspecified atom stereocenters. The van der Waals surface area contributed by atoms with Gasteiger partial charge in [0.25, 0.3) is 0 Å². The average Bonchev–Trinajstić information content (AvgIpc) is 2.29. The summed E-state index contributed by atoms with van der Waals surface area (Å²) in [5.74, 6) is 0. The number of nitrogens with zero attached hydrogens (tertiary/aromatic N) is 3. The van der Waals surface area contributed by atoms with E-state index < -0.39 is 0 Å². The topological polar surface area (TPSA) is 71.5 Å². The molecule has 1 N–H and O–H groups in total. The molecule has 5 heteroatoms. The molecule has 3 aromatic heterocycles. The number of rotatable bonds is 0. The summed E-state index contributed by atoms with van der Waals surface area (Å²) < 4.78 is 0. The van der Waals surface area contributed by atoms with Crippen LogP contribution in [-0.2, 0) is 0 Å². The number of pyridine rings is 2. The van der Waals surface area contributed by atoms with Crippen LogP contribution in [0.3, 0.4) is 0 Å². The van der Waals surface area contributed by atoms with E-state index in [-0.39, 0.29) is 5.43 Å². The fraction of sp³-hybridized carbons (Fsp3) is 0. The summed E-state index contributed by atoms with van der Waals surface area (Å²) in [7, 11) is 0. The van der Waals surface area contributed by atoms with Crippen molar-refractivity contribution in [3.63, 3.8) is 0 Å². The first-order valence-corrected chi connectivity index (χ1v) is 4.43. The highest BCUT2D eigenvalue weighted by Gasteiger charge is 2.05. The van der Waals surface area contributed by atoms with Crippen molar-refractivity contribution in [1.82, 2.24) is 19.9 Å². The van der Waals surface area contributed by atoms with E-state index in [1.54, 1.807) is 24.8 Å². The number of H-pyrrole nitrogens is 1. The van der Waals surface area contributed by atoms with Crippen molar-refractivity contribution in [2.75, 3.05) is 0 Å². The van der Waals surface area contributed by atoms with Crippen molar-refractivity contribution in [3.8, 4) is 0 Å². The first-order chi connectivity index (χ1) is 7.36. The fourth-order valence-corrected chi connectivity index (χ4v) is 1.57. The van der Waals surface area contributed by atoms with Gasteiger partial charge in [0, 0.05) is 24.7 Å². The lowest BCUT2D eigenvalue weighted by Crippen LogP contribution is -2.02. The third kappa shape index (κ3) is 1.10. The van der Waals surface area contributed by atoms with E-state index in [2.05, 4.69) is 19.9 Å². The molecule has 0 aliphatic heterocycles. The van der Waals surface area contributed by atoms with E-state index in [4.69, 9.17) is 0 Å². The molecule has 0 aliphatic rings. The minimum atomic E-state index is -0.0725. The second-order valence-corrected chi connectivity index (χ2v) is 3.12. The predicted octanol–water partition coefficient (Wildman–Crippen LogP) is 0.866. The number of hydrogen-bond acceptors (Lipinski definition) is 4. The largest absolute Gasteiger partial charge is 0.360 e. The first kappa shape index (κ1) is 8.05. The van der Waals surface area contributed by atoms with Gasteiger partial charge < -0.3 is 4.98 Å². The third-order valence-electron chi connectivity index (χ3n) is 2.22. The van der Waals surface area contributed by atoms with Gasteiger partial charge in [-0.15, -0.1) is 0 Å². The van der Waals surface area contributed by atoms with Crippen LogP contribution in [0.15, 0.2) is 35.6 Å². The Morgan fingerprint density at radius 1 is 1.13 bits per heavy atom. The average molecular weight is 198 g/mol. The molecule has 0 atom stereocenters. The maximum absolute atomic E-state index is 11.7. The zero-order valence-electron chi connectivity index (χ0n) is 7.64. The van der Waals surface area contributed by atoms with E-state index in [9.17, 15) is 4.79 Å². The Morgan fingerprint density at radius 2 is 2.00 bits per heavy atom. The monoisotopic (exact) mass is 198 g/mol. The summed E-state index contributed by atoms with van der Waals surface area (Å²) in [6.45, 7) is 0. The second-order valence-electron chi connectivity index (χ2n) is 3.12. The molecule has 0 saturated carbocycles. The molecular formula is C10H6N4O. The molecule has 5 nitrogen and oxygen atoms in total. The predicted molar refractivity (Wildman–Crippen MR) is 55.5 cm³/mol. The van der Waals surface area contributed by atoms with Gasteiger partial charge in [0.05, 0.1) is 17.1 Å². The SMILES string of the molecule is O=c1cc[nH]c2cnc3nccnc3c12. The summed E-state index contributed by atoms with van der Waals surface area (Å²) >= 11 is 0. The highest BCUT2D eigenvalue weighted by Crippen LogP contribution is 2.13. The lowest BCUT2D eigenvalue weighted by molar-refractivity contribution is 1.22. The number of nitrogens with one attached hydrogen (secondary N) is 1. The standard InChI is InChI=1S/C10H6N4O/c15-7-1-2-11-6-5-14-10-9(8(6)7)12-3-4-13-10/h1-5H,(H,11,15). The molecule has 0 bridgehead atoms. The van der Waals surface area contributed by atoms with Gasteiger partial charge in [0.15, 0.2) is 11.1 Å². The number of hydrogen-bond donors (Lipinski definition) is 1. The van der Waals surface area contributed by atoms with Gasteiger partial charge in [-0.2, -0.15) is 0 Å². The molecular weight excluding hydrogens is 192 g/mol. The van der Waals surface area contributed by atoms with E-state index in [1.165, 1.54) is 6.07 Å². The Kier molecular flexibility index (Phi) is 1.53. The Morgan fingerprint density at radius 3 is 2.93 bits per heavy atom. The normalized spacial score (nSPS) is 10.9. The van der Waals surface area contributed by atoms with Gasteiger partial charge in [-0.1, -0.05) is 0 Å². The number of fused-ring (bicyclic) bond motifs is 3. The van der Waals surface area contributed by atoms with Crippen molar-refractivity contribution in [1.29, 1.82) is 0 Å². The molecule has 3 heterocycles. The molecule has 0 radical (unpaired) electrons. The fourth-order valence-electron chi connectivity index (χ4n) is 1.57. The maximum atomic E-state index is 11.7. The Labute approximate surface area is 83.8 Å². The number of aromatic nitrogens is 4. The third-order valence-corrected chi connectivity index (χ3v) is 2.22. The molecule has 0 fully saturated rings. The molecule has 15 heavy (non-hydrogen) atoms. The summed E-state index contributed by atoms with van der Waals surface area (Å²) in [6.07, 6.45) is 6.29. The van der Waals surface area contributed by atoms with Gasteiger partial charge in [0.2, 0.25) is 0 Å². The maximum Gasteiger partial charge on any atom is 0.191 e. The Balaban J connectivity index is 2.70. The Hall–Kier alpha value is -2.30. The van der Waals surface area contributed by atoms with Gasteiger partial charge in [-0.3, -0.25) is 9.78 Å². The lowest BCUT2D eigenvalue weighted by Gasteiger charge is -1.99. The summed E-state index contributed by atoms with van der Waals surface area (Å²) in [4.78, 5) is 26.9. The molecule has 3 aromatic rings. The van der Waals surface area contributed by atoms with Crippen LogP contribution in [0.25, 0.3) is 22.1 Å². The van der Waals surface area contributed by atoms with E-state index in [0.717, 1.165) is 0 Å². The zero-order valence-corrected chi connectivity index (χ0v) is 7.64. The van der Waals surface area contributed by atoms with Gasteiger partial charge in [-0.05, 0) is 0 Å². The molecule has 3 rings (SSSR count). The van der Waals surface area contributed by atoms with Gasteiger partial charge in [-0.25, -0.2) is 9.97 Å². The second kappa shape index (κ2) is 2.84. The summed E-state index contributed by atoms with van der Waals surface area (Å²) in [5.41, 5.74) is 1.63. The van der Waals surface area contributed by atoms with E-state index >= 15 is 0 Å². The minimum absolute atomic E-state index is 0.0725. The van der Waals surface area contributed by atoms with Crippen LogP contribution in [0, 0.1) is 0 Å². The van der Waals surface area contributed by atoms with Crippen molar-refractivity contribution in [2.24, 2.45) is 0 Å². The van der Waals surface area contributed by atoms with Gasteiger partial charge >= 0.3 is 0 Å². The molecule has 0 aromatic carbocycles. The van der Waals surface area contributed by atoms with Gasteiger partial charge in [0.1, 0.15) is 5.52 Å². The smallest absolute Gasteiger partial charge is 0.191 e. The minimum Gasteiger partial charge on any atom is -0.360 e. The summed E-state index contributed by atoms with van der Waals surface area (Å²) in [5, 5.41) is 0.538. The van der Waals surface area contributed by atoms with Crippen LogP contribution in [0.5, 0.6) is 0 Å².